The summed E-state index contributed by atoms with van der Waals surface area (Å²) in [5.41, 5.74) is 0.919. The van der Waals surface area contributed by atoms with Gasteiger partial charge in [0.2, 0.25) is 5.91 Å². The molecule has 0 atom stereocenters. The topological polar surface area (TPSA) is 52.6 Å². The van der Waals surface area contributed by atoms with Gasteiger partial charge in [0.05, 0.1) is 6.61 Å². The van der Waals surface area contributed by atoms with Crippen molar-refractivity contribution in [2.24, 2.45) is 11.8 Å². The molecule has 0 aromatic heterocycles. The van der Waals surface area contributed by atoms with Gasteiger partial charge in [0.25, 0.3) is 0 Å². The quantitative estimate of drug-likeness (QED) is 0.717. The van der Waals surface area contributed by atoms with E-state index in [2.05, 4.69) is 16.8 Å². The molecule has 4 heteroatoms. The van der Waals surface area contributed by atoms with Crippen LogP contribution in [0.25, 0.3) is 0 Å². The lowest BCUT2D eigenvalue weighted by molar-refractivity contribution is -0.125. The summed E-state index contributed by atoms with van der Waals surface area (Å²) in [5, 5.41) is 11.5. The van der Waals surface area contributed by atoms with E-state index in [0.717, 1.165) is 37.9 Å². The van der Waals surface area contributed by atoms with Crippen LogP contribution in [0, 0.1) is 11.8 Å². The molecule has 1 aliphatic rings. The van der Waals surface area contributed by atoms with Gasteiger partial charge in [0, 0.05) is 32.3 Å². The number of nitrogens with zero attached hydrogens (tertiary/aromatic N) is 1. The minimum absolute atomic E-state index is 0.0457. The van der Waals surface area contributed by atoms with E-state index in [1.165, 1.54) is 0 Å². The van der Waals surface area contributed by atoms with Gasteiger partial charge in [-0.15, -0.1) is 0 Å². The number of rotatable bonds is 6. The van der Waals surface area contributed by atoms with Crippen LogP contribution in [-0.4, -0.2) is 43.2 Å². The number of aliphatic hydroxyl groups is 1. The van der Waals surface area contributed by atoms with Crippen molar-refractivity contribution >= 4 is 5.91 Å². The highest BCUT2D eigenvalue weighted by molar-refractivity contribution is 5.78. The maximum atomic E-state index is 11.6. The summed E-state index contributed by atoms with van der Waals surface area (Å²) >= 11 is 0. The molecule has 1 amide bonds. The molecule has 0 saturated heterocycles. The number of hydrogen-bond donors (Lipinski definition) is 2. The van der Waals surface area contributed by atoms with Crippen LogP contribution in [-0.2, 0) is 4.79 Å². The predicted octanol–water partition coefficient (Wildman–Crippen LogP) is 1.53. The Hall–Kier alpha value is -1.29. The van der Waals surface area contributed by atoms with Crippen LogP contribution in [0.2, 0.25) is 0 Å². The Balaban J connectivity index is 2.34. The minimum atomic E-state index is 0.0457. The van der Waals surface area contributed by atoms with E-state index in [-0.39, 0.29) is 18.4 Å². The highest BCUT2D eigenvalue weighted by Gasteiger charge is 2.26. The molecule has 0 aliphatic heterocycles. The summed E-state index contributed by atoms with van der Waals surface area (Å²) in [6.07, 6.45) is 7.70. The number of carbonyl (C=O) groups excluding carboxylic acids is 1. The highest BCUT2D eigenvalue weighted by atomic mass is 16.2. The largest absolute Gasteiger partial charge is 0.392 e. The molecule has 0 aromatic carbocycles. The van der Waals surface area contributed by atoms with Crippen LogP contribution in [0.4, 0.5) is 0 Å². The smallest absolute Gasteiger partial charge is 0.222 e. The van der Waals surface area contributed by atoms with Crippen molar-refractivity contribution in [3.8, 4) is 0 Å². The molecule has 1 rings (SSSR count). The molecule has 1 saturated carbocycles. The van der Waals surface area contributed by atoms with Gasteiger partial charge in [-0.1, -0.05) is 12.7 Å². The van der Waals surface area contributed by atoms with Gasteiger partial charge >= 0.3 is 0 Å². The molecule has 1 fully saturated rings. The molecule has 0 heterocycles. The van der Waals surface area contributed by atoms with Crippen molar-refractivity contribution < 1.29 is 9.90 Å². The number of aliphatic hydroxyl groups excluding tert-OH is 1. The standard InChI is InChI=1S/C15H26N2O2/c1-12(5-4-10-18)17(3)11-13-6-8-14(9-7-13)15(19)16-2/h4-5,13-14,18H,1,6-11H2,2-3H3,(H,16,19)/b5-4-. The fourth-order valence-corrected chi connectivity index (χ4v) is 2.63. The van der Waals surface area contributed by atoms with Crippen LogP contribution >= 0.6 is 0 Å². The Morgan fingerprint density at radius 1 is 1.42 bits per heavy atom. The molecular weight excluding hydrogens is 240 g/mol. The average Bonchev–Trinajstić information content (AvgIpc) is 2.44. The zero-order valence-electron chi connectivity index (χ0n) is 12.1. The summed E-state index contributed by atoms with van der Waals surface area (Å²) in [6.45, 7) is 4.99. The average molecular weight is 266 g/mol. The monoisotopic (exact) mass is 266 g/mol. The van der Waals surface area contributed by atoms with Gasteiger partial charge in [0.1, 0.15) is 0 Å². The van der Waals surface area contributed by atoms with Crippen molar-refractivity contribution in [2.45, 2.75) is 25.7 Å². The van der Waals surface area contributed by atoms with E-state index in [1.54, 1.807) is 13.1 Å². The Kier molecular flexibility index (Phi) is 6.64. The highest BCUT2D eigenvalue weighted by Crippen LogP contribution is 2.29. The number of allylic oxidation sites excluding steroid dienone is 1. The number of nitrogens with one attached hydrogen (secondary N) is 1. The van der Waals surface area contributed by atoms with E-state index in [9.17, 15) is 4.79 Å². The zero-order chi connectivity index (χ0) is 14.3. The van der Waals surface area contributed by atoms with Gasteiger partial charge < -0.3 is 15.3 Å². The van der Waals surface area contributed by atoms with Crippen LogP contribution in [0.3, 0.4) is 0 Å². The van der Waals surface area contributed by atoms with E-state index in [1.807, 2.05) is 13.1 Å². The molecule has 0 radical (unpaired) electrons. The summed E-state index contributed by atoms with van der Waals surface area (Å²) in [7, 11) is 3.73. The third-order valence-electron chi connectivity index (χ3n) is 3.90. The number of carbonyl (C=O) groups is 1. The molecule has 0 spiro atoms. The molecule has 4 nitrogen and oxygen atoms in total. The third kappa shape index (κ3) is 5.07. The van der Waals surface area contributed by atoms with E-state index in [4.69, 9.17) is 5.11 Å². The first-order valence-corrected chi connectivity index (χ1v) is 6.97. The Morgan fingerprint density at radius 2 is 2.05 bits per heavy atom. The summed E-state index contributed by atoms with van der Waals surface area (Å²) < 4.78 is 0. The second-order valence-corrected chi connectivity index (χ2v) is 5.29. The van der Waals surface area contributed by atoms with Gasteiger partial charge in [-0.3, -0.25) is 4.79 Å². The normalized spacial score (nSPS) is 23.3. The molecule has 19 heavy (non-hydrogen) atoms. The molecule has 1 aliphatic carbocycles. The van der Waals surface area contributed by atoms with Gasteiger partial charge in [-0.05, 0) is 37.7 Å². The first kappa shape index (κ1) is 15.8. The van der Waals surface area contributed by atoms with Crippen molar-refractivity contribution in [3.05, 3.63) is 24.4 Å². The Labute approximate surface area is 116 Å². The minimum Gasteiger partial charge on any atom is -0.392 e. The Bertz CT molecular complexity index is 331. The second kappa shape index (κ2) is 8.00. The number of likely N-dealkylation sites (N-methyl/N-ethyl adjacent to an activating group) is 1. The third-order valence-corrected chi connectivity index (χ3v) is 3.90. The van der Waals surface area contributed by atoms with E-state index >= 15 is 0 Å². The summed E-state index contributed by atoms with van der Waals surface area (Å²) in [5.74, 6) is 1.01. The molecule has 0 bridgehead atoms. The van der Waals surface area contributed by atoms with Crippen LogP contribution in [0.1, 0.15) is 25.7 Å². The first-order chi connectivity index (χ1) is 9.08. The van der Waals surface area contributed by atoms with E-state index in [0.29, 0.717) is 5.92 Å². The van der Waals surface area contributed by atoms with Crippen molar-refractivity contribution in [1.82, 2.24) is 10.2 Å². The fraction of sp³-hybridized carbons (Fsp3) is 0.667. The Morgan fingerprint density at radius 3 is 2.58 bits per heavy atom. The SMILES string of the molecule is C=C(/C=C\CO)N(C)CC1CCC(C(=O)NC)CC1. The molecular formula is C15H26N2O2. The van der Waals surface area contributed by atoms with Crippen molar-refractivity contribution in [3.63, 3.8) is 0 Å². The molecule has 0 aromatic rings. The lowest BCUT2D eigenvalue weighted by atomic mass is 9.81. The van der Waals surface area contributed by atoms with Gasteiger partial charge in [-0.25, -0.2) is 0 Å². The molecule has 2 N–H and O–H groups in total. The number of amides is 1. The number of hydrogen-bond acceptors (Lipinski definition) is 3. The van der Waals surface area contributed by atoms with Gasteiger partial charge in [-0.2, -0.15) is 0 Å². The summed E-state index contributed by atoms with van der Waals surface area (Å²) in [6, 6.07) is 0. The maximum absolute atomic E-state index is 11.6. The van der Waals surface area contributed by atoms with Crippen molar-refractivity contribution in [2.75, 3.05) is 27.2 Å². The van der Waals surface area contributed by atoms with Crippen LogP contribution in [0.15, 0.2) is 24.4 Å². The lowest BCUT2D eigenvalue weighted by Gasteiger charge is -2.31. The van der Waals surface area contributed by atoms with Crippen LogP contribution in [0.5, 0.6) is 0 Å². The zero-order valence-corrected chi connectivity index (χ0v) is 12.1. The predicted molar refractivity (Wildman–Crippen MR) is 77.5 cm³/mol. The van der Waals surface area contributed by atoms with Crippen molar-refractivity contribution in [1.29, 1.82) is 0 Å². The van der Waals surface area contributed by atoms with Gasteiger partial charge in [0.15, 0.2) is 0 Å². The summed E-state index contributed by atoms with van der Waals surface area (Å²) in [4.78, 5) is 13.7. The second-order valence-electron chi connectivity index (χ2n) is 5.29. The van der Waals surface area contributed by atoms with Crippen LogP contribution < -0.4 is 5.32 Å². The first-order valence-electron chi connectivity index (χ1n) is 6.97. The molecule has 108 valence electrons. The van der Waals surface area contributed by atoms with E-state index < -0.39 is 0 Å². The molecule has 0 unspecified atom stereocenters. The maximum Gasteiger partial charge on any atom is 0.222 e. The lowest BCUT2D eigenvalue weighted by Crippen LogP contribution is -2.33. The fourth-order valence-electron chi connectivity index (χ4n) is 2.63.